The summed E-state index contributed by atoms with van der Waals surface area (Å²) in [5.41, 5.74) is 0.471. The third kappa shape index (κ3) is 4.21. The van der Waals surface area contributed by atoms with Crippen LogP contribution >= 0.6 is 0 Å². The van der Waals surface area contributed by atoms with Gasteiger partial charge in [0.25, 0.3) is 0 Å². The van der Waals surface area contributed by atoms with Gasteiger partial charge < -0.3 is 4.74 Å². The lowest BCUT2D eigenvalue weighted by molar-refractivity contribution is -0.0581. The summed E-state index contributed by atoms with van der Waals surface area (Å²) in [4.78, 5) is 11.8. The Morgan fingerprint density at radius 2 is 2.00 bits per heavy atom. The minimum atomic E-state index is -4.71. The molecule has 1 aliphatic rings. The summed E-state index contributed by atoms with van der Waals surface area (Å²) in [6.45, 7) is 2.07. The Kier molecular flexibility index (Phi) is 5.20. The standard InChI is InChI=1S/C14H15F3N4O2/c1-2-3-9-23-13(22)21-19-11(10-7-5-4-6-8-10)12(18-20-21)14(15,16)17/h4-8,20H,2-3,9H2,1H3. The fraction of sp³-hybridized carbons (Fsp3) is 0.357. The molecular weight excluding hydrogens is 313 g/mol. The van der Waals surface area contributed by atoms with Crippen molar-refractivity contribution in [1.82, 2.24) is 10.7 Å². The molecule has 1 amide bonds. The molecule has 0 bridgehead atoms. The van der Waals surface area contributed by atoms with Gasteiger partial charge in [-0.25, -0.2) is 4.79 Å². The number of hydrazone groups is 2. The van der Waals surface area contributed by atoms with Crippen molar-refractivity contribution in [2.75, 3.05) is 6.61 Å². The number of ether oxygens (including phenoxy) is 1. The van der Waals surface area contributed by atoms with Crippen LogP contribution in [0.25, 0.3) is 0 Å². The number of unbranched alkanes of at least 4 members (excludes halogenated alkanes) is 1. The van der Waals surface area contributed by atoms with E-state index in [4.69, 9.17) is 4.74 Å². The molecule has 0 radical (unpaired) electrons. The maximum absolute atomic E-state index is 13.1. The van der Waals surface area contributed by atoms with Crippen molar-refractivity contribution >= 4 is 17.5 Å². The minimum absolute atomic E-state index is 0.152. The zero-order valence-corrected chi connectivity index (χ0v) is 12.3. The van der Waals surface area contributed by atoms with Crippen LogP contribution in [0, 0.1) is 0 Å². The molecule has 0 atom stereocenters. The molecule has 0 fully saturated rings. The number of alkyl halides is 3. The van der Waals surface area contributed by atoms with Crippen LogP contribution in [-0.2, 0) is 4.74 Å². The first-order valence-corrected chi connectivity index (χ1v) is 6.95. The Balaban J connectivity index is 2.26. The van der Waals surface area contributed by atoms with E-state index < -0.39 is 23.7 Å². The van der Waals surface area contributed by atoms with Gasteiger partial charge in [-0.15, -0.1) is 5.10 Å². The number of hydrogen-bond donors (Lipinski definition) is 1. The van der Waals surface area contributed by atoms with E-state index in [2.05, 4.69) is 10.2 Å². The largest absolute Gasteiger partial charge is 0.451 e. The first-order chi connectivity index (χ1) is 10.9. The first kappa shape index (κ1) is 16.8. The molecule has 0 unspecified atom stereocenters. The highest BCUT2D eigenvalue weighted by molar-refractivity contribution is 6.50. The molecule has 124 valence electrons. The summed E-state index contributed by atoms with van der Waals surface area (Å²) in [6.07, 6.45) is -4.17. The van der Waals surface area contributed by atoms with Crippen LogP contribution in [-0.4, -0.2) is 35.4 Å². The van der Waals surface area contributed by atoms with Crippen LogP contribution in [0.3, 0.4) is 0 Å². The Morgan fingerprint density at radius 3 is 2.61 bits per heavy atom. The van der Waals surface area contributed by atoms with E-state index in [0.717, 1.165) is 6.42 Å². The number of benzene rings is 1. The number of hydrazine groups is 1. The lowest BCUT2D eigenvalue weighted by Crippen LogP contribution is -2.46. The normalized spacial score (nSPS) is 14.7. The summed E-state index contributed by atoms with van der Waals surface area (Å²) >= 11 is 0. The van der Waals surface area contributed by atoms with Crippen molar-refractivity contribution in [3.8, 4) is 0 Å². The van der Waals surface area contributed by atoms with Crippen molar-refractivity contribution in [3.05, 3.63) is 35.9 Å². The van der Waals surface area contributed by atoms with Crippen LogP contribution < -0.4 is 5.53 Å². The molecule has 0 spiro atoms. The highest BCUT2D eigenvalue weighted by atomic mass is 19.4. The van der Waals surface area contributed by atoms with Crippen LogP contribution in [0.2, 0.25) is 0 Å². The zero-order chi connectivity index (χ0) is 16.9. The minimum Gasteiger partial charge on any atom is -0.447 e. The van der Waals surface area contributed by atoms with Gasteiger partial charge in [0.2, 0.25) is 0 Å². The third-order valence-electron chi connectivity index (χ3n) is 2.89. The molecule has 1 aromatic rings. The third-order valence-corrected chi connectivity index (χ3v) is 2.89. The molecule has 0 saturated carbocycles. The second-order valence-electron chi connectivity index (χ2n) is 4.65. The predicted molar refractivity (Wildman–Crippen MR) is 77.7 cm³/mol. The maximum Gasteiger partial charge on any atom is 0.451 e. The summed E-state index contributed by atoms with van der Waals surface area (Å²) < 4.78 is 44.1. The predicted octanol–water partition coefficient (Wildman–Crippen LogP) is 3.07. The van der Waals surface area contributed by atoms with Gasteiger partial charge in [-0.2, -0.15) is 23.8 Å². The quantitative estimate of drug-likeness (QED) is 0.864. The summed E-state index contributed by atoms with van der Waals surface area (Å²) in [5.74, 6) is 0. The lowest BCUT2D eigenvalue weighted by atomic mass is 10.1. The van der Waals surface area contributed by atoms with Gasteiger partial charge in [0.15, 0.2) is 5.71 Å². The highest BCUT2D eigenvalue weighted by Gasteiger charge is 2.42. The topological polar surface area (TPSA) is 66.3 Å². The highest BCUT2D eigenvalue weighted by Crippen LogP contribution is 2.22. The number of halogens is 3. The van der Waals surface area contributed by atoms with Crippen LogP contribution in [0.15, 0.2) is 40.5 Å². The second kappa shape index (κ2) is 7.12. The SMILES string of the molecule is CCCCOC(=O)N1N=C(c2ccccc2)C(C(F)(F)F)=NN1. The monoisotopic (exact) mass is 328 g/mol. The number of nitrogens with zero attached hydrogens (tertiary/aromatic N) is 3. The van der Waals surface area contributed by atoms with E-state index in [1.165, 1.54) is 12.1 Å². The summed E-state index contributed by atoms with van der Waals surface area (Å²) in [5, 5.41) is 7.47. The molecule has 1 aromatic carbocycles. The number of nitrogens with one attached hydrogen (secondary N) is 1. The van der Waals surface area contributed by atoms with E-state index in [1.807, 2.05) is 12.5 Å². The van der Waals surface area contributed by atoms with E-state index in [1.54, 1.807) is 18.2 Å². The number of rotatable bonds is 4. The summed E-state index contributed by atoms with van der Waals surface area (Å²) in [7, 11) is 0. The summed E-state index contributed by atoms with van der Waals surface area (Å²) in [6, 6.07) is 7.69. The Bertz CT molecular complexity index is 614. The first-order valence-electron chi connectivity index (χ1n) is 6.95. The molecule has 2 rings (SSSR count). The molecule has 9 heteroatoms. The molecule has 0 saturated heterocycles. The Labute approximate surface area is 130 Å². The van der Waals surface area contributed by atoms with Crippen molar-refractivity contribution in [1.29, 1.82) is 0 Å². The van der Waals surface area contributed by atoms with Crippen molar-refractivity contribution in [2.45, 2.75) is 25.9 Å². The smallest absolute Gasteiger partial charge is 0.447 e. The number of hydrogen-bond acceptors (Lipinski definition) is 5. The molecule has 23 heavy (non-hydrogen) atoms. The van der Waals surface area contributed by atoms with Crippen LogP contribution in [0.4, 0.5) is 18.0 Å². The van der Waals surface area contributed by atoms with Gasteiger partial charge in [0.05, 0.1) is 6.61 Å². The van der Waals surface area contributed by atoms with Gasteiger partial charge in [-0.1, -0.05) is 48.8 Å². The maximum atomic E-state index is 13.1. The average molecular weight is 328 g/mol. The Morgan fingerprint density at radius 1 is 1.30 bits per heavy atom. The van der Waals surface area contributed by atoms with Gasteiger partial charge in [-0.3, -0.25) is 0 Å². The molecule has 1 heterocycles. The zero-order valence-electron chi connectivity index (χ0n) is 12.3. The molecule has 6 nitrogen and oxygen atoms in total. The molecule has 0 aliphatic carbocycles. The van der Waals surface area contributed by atoms with Gasteiger partial charge >= 0.3 is 12.3 Å². The van der Waals surface area contributed by atoms with Gasteiger partial charge in [0.1, 0.15) is 5.71 Å². The molecule has 0 aromatic heterocycles. The van der Waals surface area contributed by atoms with Gasteiger partial charge in [0, 0.05) is 5.56 Å². The molecule has 1 aliphatic heterocycles. The number of carbonyl (C=O) groups excluding carboxylic acids is 1. The van der Waals surface area contributed by atoms with E-state index >= 15 is 0 Å². The fourth-order valence-corrected chi connectivity index (χ4v) is 1.75. The molecule has 1 N–H and O–H groups in total. The van der Waals surface area contributed by atoms with Crippen molar-refractivity contribution in [2.24, 2.45) is 10.2 Å². The van der Waals surface area contributed by atoms with Gasteiger partial charge in [-0.05, 0) is 6.42 Å². The van der Waals surface area contributed by atoms with E-state index in [0.29, 0.717) is 11.5 Å². The number of carbonyl (C=O) groups is 1. The fourth-order valence-electron chi connectivity index (χ4n) is 1.75. The van der Waals surface area contributed by atoms with E-state index in [-0.39, 0.29) is 12.2 Å². The van der Waals surface area contributed by atoms with Crippen molar-refractivity contribution in [3.63, 3.8) is 0 Å². The van der Waals surface area contributed by atoms with Crippen LogP contribution in [0.5, 0.6) is 0 Å². The average Bonchev–Trinajstić information content (AvgIpc) is 2.54. The van der Waals surface area contributed by atoms with Crippen molar-refractivity contribution < 1.29 is 22.7 Å². The molecular formula is C14H15F3N4O2. The number of amides is 1. The lowest BCUT2D eigenvalue weighted by Gasteiger charge is -2.23. The Hall–Kier alpha value is -2.58. The second-order valence-corrected chi connectivity index (χ2v) is 4.65. The van der Waals surface area contributed by atoms with E-state index in [9.17, 15) is 18.0 Å². The van der Waals surface area contributed by atoms with Crippen LogP contribution in [0.1, 0.15) is 25.3 Å².